The molecule has 1 saturated carbocycles. The van der Waals surface area contributed by atoms with Crippen LogP contribution >= 0.6 is 0 Å². The maximum atomic E-state index is 11.6. The smallest absolute Gasteiger partial charge is 0.245 e. The molecule has 0 spiro atoms. The van der Waals surface area contributed by atoms with Gasteiger partial charge in [-0.3, -0.25) is 10.1 Å². The molecule has 0 unspecified atom stereocenters. The molecule has 1 aromatic rings. The first-order chi connectivity index (χ1) is 8.34. The lowest BCUT2D eigenvalue weighted by Crippen LogP contribution is -2.20. The lowest BCUT2D eigenvalue weighted by atomic mass is 9.82. The van der Waals surface area contributed by atoms with Gasteiger partial charge in [0, 0.05) is 6.54 Å². The van der Waals surface area contributed by atoms with Gasteiger partial charge in [-0.2, -0.15) is 0 Å². The van der Waals surface area contributed by atoms with Crippen LogP contribution in [0.25, 0.3) is 0 Å². The third-order valence-electron chi connectivity index (χ3n) is 3.48. The van der Waals surface area contributed by atoms with Gasteiger partial charge in [0.05, 0.1) is 6.42 Å². The van der Waals surface area contributed by atoms with Crippen LogP contribution in [0.15, 0.2) is 30.3 Å². The standard InChI is InChI=1S/C15H20NO/c17-15(12-14-6-2-1-3-7-14)16-11-5-10-13-8-4-9-13/h1-3,6-7,13H,4-5,8-12H2. The summed E-state index contributed by atoms with van der Waals surface area (Å²) in [7, 11) is 0. The molecule has 1 aliphatic carbocycles. The van der Waals surface area contributed by atoms with E-state index >= 15 is 0 Å². The van der Waals surface area contributed by atoms with E-state index in [2.05, 4.69) is 5.32 Å². The van der Waals surface area contributed by atoms with Gasteiger partial charge in [0.2, 0.25) is 5.91 Å². The number of benzene rings is 1. The second kappa shape index (κ2) is 6.43. The molecule has 1 radical (unpaired) electrons. The monoisotopic (exact) mass is 230 g/mol. The van der Waals surface area contributed by atoms with Crippen LogP contribution in [0, 0.1) is 5.92 Å². The van der Waals surface area contributed by atoms with Crippen LogP contribution in [0.4, 0.5) is 0 Å². The summed E-state index contributed by atoms with van der Waals surface area (Å²) in [4.78, 5) is 11.6. The minimum Gasteiger partial charge on any atom is -0.273 e. The Labute approximate surface area is 103 Å². The number of hydrogen-bond donors (Lipinski definition) is 0. The van der Waals surface area contributed by atoms with Crippen LogP contribution in [0.2, 0.25) is 0 Å². The van der Waals surface area contributed by atoms with Gasteiger partial charge in [0.25, 0.3) is 0 Å². The molecule has 1 aliphatic rings. The van der Waals surface area contributed by atoms with E-state index < -0.39 is 0 Å². The lowest BCUT2D eigenvalue weighted by Gasteiger charge is -2.24. The zero-order valence-electron chi connectivity index (χ0n) is 10.3. The SMILES string of the molecule is O=C(Cc1ccccc1)[N]CCCC1CCC1. The summed E-state index contributed by atoms with van der Waals surface area (Å²) in [6.07, 6.45) is 6.95. The summed E-state index contributed by atoms with van der Waals surface area (Å²) < 4.78 is 0. The van der Waals surface area contributed by atoms with Crippen molar-refractivity contribution in [3.05, 3.63) is 35.9 Å². The Balaban J connectivity index is 1.57. The fraction of sp³-hybridized carbons (Fsp3) is 0.533. The van der Waals surface area contributed by atoms with E-state index in [0.717, 1.165) is 17.9 Å². The first kappa shape index (κ1) is 12.2. The van der Waals surface area contributed by atoms with Crippen LogP contribution in [-0.4, -0.2) is 12.5 Å². The zero-order chi connectivity index (χ0) is 11.9. The van der Waals surface area contributed by atoms with Crippen LogP contribution < -0.4 is 5.32 Å². The predicted octanol–water partition coefficient (Wildman–Crippen LogP) is 2.94. The molecule has 2 nitrogen and oxygen atoms in total. The highest BCUT2D eigenvalue weighted by Crippen LogP contribution is 2.30. The van der Waals surface area contributed by atoms with E-state index in [0.29, 0.717) is 13.0 Å². The van der Waals surface area contributed by atoms with Gasteiger partial charge in [-0.05, 0) is 24.3 Å². The summed E-state index contributed by atoms with van der Waals surface area (Å²) in [5.41, 5.74) is 1.06. The minimum absolute atomic E-state index is 0.0183. The Kier molecular flexibility index (Phi) is 4.60. The summed E-state index contributed by atoms with van der Waals surface area (Å²) >= 11 is 0. The lowest BCUT2D eigenvalue weighted by molar-refractivity contribution is -0.120. The molecule has 17 heavy (non-hydrogen) atoms. The van der Waals surface area contributed by atoms with E-state index in [-0.39, 0.29) is 5.91 Å². The van der Waals surface area contributed by atoms with Gasteiger partial charge in [0.1, 0.15) is 0 Å². The quantitative estimate of drug-likeness (QED) is 0.691. The molecule has 2 heteroatoms. The Morgan fingerprint density at radius 3 is 2.65 bits per heavy atom. The Morgan fingerprint density at radius 1 is 1.24 bits per heavy atom. The van der Waals surface area contributed by atoms with E-state index in [4.69, 9.17) is 0 Å². The molecule has 91 valence electrons. The third kappa shape index (κ3) is 4.22. The number of hydrogen-bond acceptors (Lipinski definition) is 1. The van der Waals surface area contributed by atoms with Gasteiger partial charge >= 0.3 is 0 Å². The fourth-order valence-electron chi connectivity index (χ4n) is 2.19. The van der Waals surface area contributed by atoms with Crippen molar-refractivity contribution in [1.82, 2.24) is 5.32 Å². The van der Waals surface area contributed by atoms with E-state index in [1.807, 2.05) is 30.3 Å². The molecule has 1 fully saturated rings. The molecule has 0 heterocycles. The molecule has 0 atom stereocenters. The van der Waals surface area contributed by atoms with Gasteiger partial charge < -0.3 is 0 Å². The topological polar surface area (TPSA) is 31.2 Å². The molecule has 1 amide bonds. The van der Waals surface area contributed by atoms with E-state index in [1.165, 1.54) is 25.7 Å². The number of nitrogens with zero attached hydrogens (tertiary/aromatic N) is 1. The number of carbonyl (C=O) groups excluding carboxylic acids is 1. The van der Waals surface area contributed by atoms with E-state index in [9.17, 15) is 4.79 Å². The third-order valence-corrected chi connectivity index (χ3v) is 3.48. The van der Waals surface area contributed by atoms with Gasteiger partial charge in [-0.25, -0.2) is 0 Å². The molecule has 0 saturated heterocycles. The highest BCUT2D eigenvalue weighted by molar-refractivity contribution is 5.78. The molecular formula is C15H20NO. The summed E-state index contributed by atoms with van der Waals surface area (Å²) in [5.74, 6) is 0.944. The second-order valence-electron chi connectivity index (χ2n) is 4.88. The normalized spacial score (nSPS) is 15.3. The first-order valence-electron chi connectivity index (χ1n) is 6.59. The van der Waals surface area contributed by atoms with E-state index in [1.54, 1.807) is 0 Å². The fourth-order valence-corrected chi connectivity index (χ4v) is 2.19. The molecule has 0 aliphatic heterocycles. The van der Waals surface area contributed by atoms with Gasteiger partial charge in [0.15, 0.2) is 0 Å². The molecule has 0 aromatic heterocycles. The average molecular weight is 230 g/mol. The van der Waals surface area contributed by atoms with Crippen molar-refractivity contribution in [2.24, 2.45) is 5.92 Å². The Hall–Kier alpha value is -1.31. The van der Waals surface area contributed by atoms with Crippen LogP contribution in [-0.2, 0) is 11.2 Å². The van der Waals surface area contributed by atoms with Crippen molar-refractivity contribution in [2.45, 2.75) is 38.5 Å². The van der Waals surface area contributed by atoms with Crippen LogP contribution in [0.5, 0.6) is 0 Å². The zero-order valence-corrected chi connectivity index (χ0v) is 10.3. The highest BCUT2D eigenvalue weighted by Gasteiger charge is 2.16. The van der Waals surface area contributed by atoms with Gasteiger partial charge in [-0.15, -0.1) is 0 Å². The number of rotatable bonds is 6. The van der Waals surface area contributed by atoms with Crippen molar-refractivity contribution >= 4 is 5.91 Å². The maximum Gasteiger partial charge on any atom is 0.245 e. The molecular weight excluding hydrogens is 210 g/mol. The summed E-state index contributed by atoms with van der Waals surface area (Å²) in [6.45, 7) is 0.710. The Bertz CT molecular complexity index is 343. The van der Waals surface area contributed by atoms with Crippen molar-refractivity contribution in [3.63, 3.8) is 0 Å². The second-order valence-corrected chi connectivity index (χ2v) is 4.88. The number of carbonyl (C=O) groups is 1. The molecule has 0 bridgehead atoms. The van der Waals surface area contributed by atoms with Gasteiger partial charge in [-0.1, -0.05) is 49.6 Å². The minimum atomic E-state index is 0.0183. The molecule has 1 aromatic carbocycles. The first-order valence-corrected chi connectivity index (χ1v) is 6.59. The maximum absolute atomic E-state index is 11.6. The van der Waals surface area contributed by atoms with Crippen molar-refractivity contribution < 1.29 is 4.79 Å². The van der Waals surface area contributed by atoms with Crippen molar-refractivity contribution in [1.29, 1.82) is 0 Å². The Morgan fingerprint density at radius 2 is 2.00 bits per heavy atom. The largest absolute Gasteiger partial charge is 0.273 e. The van der Waals surface area contributed by atoms with Crippen LogP contribution in [0.3, 0.4) is 0 Å². The van der Waals surface area contributed by atoms with Crippen molar-refractivity contribution in [2.75, 3.05) is 6.54 Å². The predicted molar refractivity (Wildman–Crippen MR) is 68.7 cm³/mol. The molecule has 2 rings (SSSR count). The number of amides is 1. The van der Waals surface area contributed by atoms with Crippen molar-refractivity contribution in [3.8, 4) is 0 Å². The average Bonchev–Trinajstić information content (AvgIpc) is 2.27. The summed E-state index contributed by atoms with van der Waals surface area (Å²) in [5, 5.41) is 4.11. The molecule has 0 N–H and O–H groups in total. The van der Waals surface area contributed by atoms with Crippen LogP contribution in [0.1, 0.15) is 37.7 Å². The highest BCUT2D eigenvalue weighted by atomic mass is 16.1. The summed E-state index contributed by atoms with van der Waals surface area (Å²) in [6, 6.07) is 9.83.